The Bertz CT molecular complexity index is 1110. The zero-order valence-corrected chi connectivity index (χ0v) is 16.0. The first-order valence-electron chi connectivity index (χ1n) is 8.77. The molecule has 0 saturated carbocycles. The molecule has 1 aromatic heterocycles. The highest BCUT2D eigenvalue weighted by Gasteiger charge is 2.11. The van der Waals surface area contributed by atoms with Crippen molar-refractivity contribution in [3.8, 4) is 11.5 Å². The maximum absolute atomic E-state index is 12.8. The summed E-state index contributed by atoms with van der Waals surface area (Å²) in [5.74, 6) is 0.130. The fourth-order valence-corrected chi connectivity index (χ4v) is 2.79. The van der Waals surface area contributed by atoms with Crippen LogP contribution >= 0.6 is 0 Å². The molecule has 8 heteroatoms. The number of rotatable bonds is 7. The van der Waals surface area contributed by atoms with E-state index in [2.05, 4.69) is 10.1 Å². The Morgan fingerprint density at radius 3 is 2.59 bits per heavy atom. The first-order chi connectivity index (χ1) is 14.0. The molecule has 0 spiro atoms. The third-order valence-electron chi connectivity index (χ3n) is 4.22. The van der Waals surface area contributed by atoms with Gasteiger partial charge in [0.15, 0.2) is 6.61 Å². The minimum Gasteiger partial charge on any atom is -0.497 e. The molecule has 3 aromatic rings. The van der Waals surface area contributed by atoms with Crippen LogP contribution in [0.2, 0.25) is 0 Å². The number of nitrogens with zero attached hydrogens (tertiary/aromatic N) is 1. The predicted octanol–water partition coefficient (Wildman–Crippen LogP) is 2.20. The molecule has 0 aliphatic heterocycles. The number of anilines is 1. The lowest BCUT2D eigenvalue weighted by Gasteiger charge is -2.11. The number of methoxy groups -OCH3 is 2. The number of aromatic nitrogens is 1. The van der Waals surface area contributed by atoms with Crippen molar-refractivity contribution < 1.29 is 23.8 Å². The topological polar surface area (TPSA) is 95.9 Å². The Morgan fingerprint density at radius 1 is 1.03 bits per heavy atom. The second-order valence-corrected chi connectivity index (χ2v) is 6.11. The van der Waals surface area contributed by atoms with Crippen LogP contribution in [0.1, 0.15) is 0 Å². The molecule has 8 nitrogen and oxygen atoms in total. The van der Waals surface area contributed by atoms with Gasteiger partial charge in [0, 0.05) is 23.3 Å². The normalized spacial score (nSPS) is 10.4. The summed E-state index contributed by atoms with van der Waals surface area (Å²) < 4.78 is 16.4. The van der Waals surface area contributed by atoms with Crippen LogP contribution in [0.15, 0.2) is 59.5 Å². The number of esters is 1. The molecule has 0 aliphatic carbocycles. The summed E-state index contributed by atoms with van der Waals surface area (Å²) in [5, 5.41) is 3.66. The van der Waals surface area contributed by atoms with Crippen LogP contribution in [0.5, 0.6) is 11.5 Å². The highest BCUT2D eigenvalue weighted by molar-refractivity contribution is 5.91. The molecule has 0 unspecified atom stereocenters. The van der Waals surface area contributed by atoms with E-state index in [1.54, 1.807) is 55.6 Å². The fourth-order valence-electron chi connectivity index (χ4n) is 2.79. The Labute approximate surface area is 166 Å². The van der Waals surface area contributed by atoms with Gasteiger partial charge in [-0.1, -0.05) is 12.1 Å². The van der Waals surface area contributed by atoms with Gasteiger partial charge in [0.2, 0.25) is 5.91 Å². The van der Waals surface area contributed by atoms with Crippen molar-refractivity contribution in [2.75, 3.05) is 26.1 Å². The molecule has 0 bridgehead atoms. The van der Waals surface area contributed by atoms with Crippen LogP contribution in [0, 0.1) is 0 Å². The van der Waals surface area contributed by atoms with Gasteiger partial charge >= 0.3 is 5.97 Å². The molecule has 0 aliphatic rings. The van der Waals surface area contributed by atoms with Gasteiger partial charge in [-0.2, -0.15) is 0 Å². The summed E-state index contributed by atoms with van der Waals surface area (Å²) >= 11 is 0. The number of hydrogen-bond donors (Lipinski definition) is 1. The van der Waals surface area contributed by atoms with Gasteiger partial charge in [-0.25, -0.2) is 4.79 Å². The van der Waals surface area contributed by atoms with Gasteiger partial charge in [-0.05, 0) is 30.3 Å². The molecule has 1 heterocycles. The van der Waals surface area contributed by atoms with Gasteiger partial charge in [0.25, 0.3) is 5.56 Å². The van der Waals surface area contributed by atoms with Crippen molar-refractivity contribution in [1.29, 1.82) is 0 Å². The lowest BCUT2D eigenvalue weighted by molar-refractivity contribution is -0.142. The summed E-state index contributed by atoms with van der Waals surface area (Å²) in [6.07, 6.45) is 1.51. The van der Waals surface area contributed by atoms with E-state index in [0.717, 1.165) is 0 Å². The van der Waals surface area contributed by atoms with Gasteiger partial charge in [-0.3, -0.25) is 9.59 Å². The molecule has 150 valence electrons. The average molecular weight is 396 g/mol. The Morgan fingerprint density at radius 2 is 1.83 bits per heavy atom. The second kappa shape index (κ2) is 8.92. The zero-order chi connectivity index (χ0) is 20.8. The van der Waals surface area contributed by atoms with Crippen LogP contribution in [-0.4, -0.2) is 37.3 Å². The van der Waals surface area contributed by atoms with Crippen molar-refractivity contribution in [2.45, 2.75) is 6.54 Å². The third kappa shape index (κ3) is 4.73. The van der Waals surface area contributed by atoms with E-state index in [4.69, 9.17) is 9.47 Å². The molecule has 1 amide bonds. The molecular formula is C21H20N2O6. The van der Waals surface area contributed by atoms with Crippen molar-refractivity contribution in [3.63, 3.8) is 0 Å². The van der Waals surface area contributed by atoms with Crippen LogP contribution in [-0.2, 0) is 20.9 Å². The smallest absolute Gasteiger partial charge is 0.343 e. The lowest BCUT2D eigenvalue weighted by atomic mass is 10.1. The van der Waals surface area contributed by atoms with Crippen LogP contribution < -0.4 is 20.3 Å². The summed E-state index contributed by atoms with van der Waals surface area (Å²) in [7, 11) is 2.81. The highest BCUT2D eigenvalue weighted by Crippen LogP contribution is 2.23. The van der Waals surface area contributed by atoms with E-state index < -0.39 is 5.97 Å². The predicted molar refractivity (Wildman–Crippen MR) is 107 cm³/mol. The number of carbonyl (C=O) groups is 2. The van der Waals surface area contributed by atoms with Gasteiger partial charge in [0.05, 0.1) is 19.6 Å². The number of benzene rings is 2. The van der Waals surface area contributed by atoms with E-state index in [0.29, 0.717) is 28.0 Å². The molecular weight excluding hydrogens is 376 g/mol. The summed E-state index contributed by atoms with van der Waals surface area (Å²) in [4.78, 5) is 36.4. The number of pyridine rings is 1. The quantitative estimate of drug-likeness (QED) is 0.615. The number of ether oxygens (including phenoxy) is 3. The number of amides is 1. The van der Waals surface area contributed by atoms with Crippen LogP contribution in [0.4, 0.5) is 5.69 Å². The molecule has 0 atom stereocenters. The maximum Gasteiger partial charge on any atom is 0.343 e. The van der Waals surface area contributed by atoms with Crippen molar-refractivity contribution in [2.24, 2.45) is 0 Å². The lowest BCUT2D eigenvalue weighted by Crippen LogP contribution is -2.27. The molecule has 0 radical (unpaired) electrons. The Balaban J connectivity index is 1.79. The van der Waals surface area contributed by atoms with Gasteiger partial charge in [-0.15, -0.1) is 0 Å². The van der Waals surface area contributed by atoms with E-state index in [-0.39, 0.29) is 24.6 Å². The minimum atomic E-state index is -0.524. The Hall–Kier alpha value is -3.81. The zero-order valence-electron chi connectivity index (χ0n) is 16.0. The summed E-state index contributed by atoms with van der Waals surface area (Å²) in [6.45, 7) is -0.416. The molecule has 3 rings (SSSR count). The molecule has 0 fully saturated rings. The third-order valence-corrected chi connectivity index (χ3v) is 4.22. The highest BCUT2D eigenvalue weighted by atomic mass is 16.6. The minimum absolute atomic E-state index is 0.154. The first-order valence-corrected chi connectivity index (χ1v) is 8.77. The molecule has 0 saturated heterocycles. The summed E-state index contributed by atoms with van der Waals surface area (Å²) in [5.41, 5.74) is 0.230. The summed E-state index contributed by atoms with van der Waals surface area (Å²) in [6, 6.07) is 13.6. The largest absolute Gasteiger partial charge is 0.497 e. The van der Waals surface area contributed by atoms with E-state index in [1.807, 2.05) is 0 Å². The number of hydrogen-bond acceptors (Lipinski definition) is 6. The van der Waals surface area contributed by atoms with Gasteiger partial charge in [0.1, 0.15) is 18.0 Å². The molecule has 29 heavy (non-hydrogen) atoms. The fraction of sp³-hybridized carbons (Fsp3) is 0.190. The van der Waals surface area contributed by atoms with Crippen molar-refractivity contribution in [3.05, 3.63) is 65.1 Å². The van der Waals surface area contributed by atoms with E-state index >= 15 is 0 Å². The number of nitrogens with one attached hydrogen (secondary N) is 1. The van der Waals surface area contributed by atoms with Crippen LogP contribution in [0.3, 0.4) is 0 Å². The molecule has 1 N–H and O–H groups in total. The van der Waals surface area contributed by atoms with Gasteiger partial charge < -0.3 is 24.1 Å². The second-order valence-electron chi connectivity index (χ2n) is 6.11. The SMILES string of the molecule is COC(=O)COc1cccc2c(=O)n(CC(=O)Nc3cccc(OC)c3)ccc12. The standard InChI is InChI=1S/C21H20N2O6/c1-27-15-6-3-5-14(11-15)22-19(24)12-23-10-9-16-17(21(23)26)7-4-8-18(16)29-13-20(25)28-2/h3-11H,12-13H2,1-2H3,(H,22,24). The molecule has 2 aromatic carbocycles. The number of fused-ring (bicyclic) bond motifs is 1. The maximum atomic E-state index is 12.8. The monoisotopic (exact) mass is 396 g/mol. The number of carbonyl (C=O) groups excluding carboxylic acids is 2. The Kier molecular flexibility index (Phi) is 6.13. The van der Waals surface area contributed by atoms with E-state index in [1.165, 1.54) is 17.9 Å². The van der Waals surface area contributed by atoms with E-state index in [9.17, 15) is 14.4 Å². The van der Waals surface area contributed by atoms with Crippen LogP contribution in [0.25, 0.3) is 10.8 Å². The van der Waals surface area contributed by atoms with Crippen molar-refractivity contribution in [1.82, 2.24) is 4.57 Å². The average Bonchev–Trinajstić information content (AvgIpc) is 2.74. The van der Waals surface area contributed by atoms with Crippen molar-refractivity contribution >= 4 is 28.3 Å². The first kappa shape index (κ1) is 19.9.